The number of carbonyl (C=O) groups excluding carboxylic acids is 2. The van der Waals surface area contributed by atoms with Crippen LogP contribution in [0.3, 0.4) is 0 Å². The number of alkyl halides is 3. The highest BCUT2D eigenvalue weighted by molar-refractivity contribution is 5.81. The van der Waals surface area contributed by atoms with Gasteiger partial charge in [0.15, 0.2) is 5.54 Å². The second-order valence-electron chi connectivity index (χ2n) is 6.29. The zero-order chi connectivity index (χ0) is 15.7. The maximum absolute atomic E-state index is 13.2. The van der Waals surface area contributed by atoms with E-state index in [1.807, 2.05) is 0 Å². The summed E-state index contributed by atoms with van der Waals surface area (Å²) in [5, 5.41) is 4.43. The highest BCUT2D eigenvalue weighted by Crippen LogP contribution is 2.33. The largest absolute Gasteiger partial charge is 0.412 e. The Labute approximate surface area is 121 Å². The number of hydrogen-bond donors (Lipinski definition) is 2. The Morgan fingerprint density at radius 3 is 1.86 bits per heavy atom. The maximum Gasteiger partial charge on any atom is 0.412 e. The van der Waals surface area contributed by atoms with E-state index in [1.54, 1.807) is 0 Å². The van der Waals surface area contributed by atoms with Crippen LogP contribution in [0.1, 0.15) is 45.4 Å². The summed E-state index contributed by atoms with van der Waals surface area (Å²) in [5.41, 5.74) is -2.42. The summed E-state index contributed by atoms with van der Waals surface area (Å²) in [6.45, 7) is 0.301. The van der Waals surface area contributed by atoms with Gasteiger partial charge in [0.2, 0.25) is 11.8 Å². The van der Waals surface area contributed by atoms with Gasteiger partial charge >= 0.3 is 6.18 Å². The molecule has 2 saturated carbocycles. The minimum absolute atomic E-state index is 0.176. The van der Waals surface area contributed by atoms with Crippen LogP contribution in [0.5, 0.6) is 0 Å². The third-order valence-electron chi connectivity index (χ3n) is 4.59. The molecule has 0 heterocycles. The first kappa shape index (κ1) is 16.1. The van der Waals surface area contributed by atoms with Gasteiger partial charge < -0.3 is 10.6 Å². The van der Waals surface area contributed by atoms with Crippen LogP contribution in [0.4, 0.5) is 13.2 Å². The van der Waals surface area contributed by atoms with Crippen LogP contribution < -0.4 is 10.6 Å². The van der Waals surface area contributed by atoms with Crippen LogP contribution in [0, 0.1) is 11.8 Å². The number of hydrogen-bond acceptors (Lipinski definition) is 2. The van der Waals surface area contributed by atoms with Gasteiger partial charge in [-0.05, 0) is 32.6 Å². The maximum atomic E-state index is 13.2. The first-order valence-electron chi connectivity index (χ1n) is 7.39. The lowest BCUT2D eigenvalue weighted by Gasteiger charge is -2.36. The number of rotatable bonds is 5. The lowest BCUT2D eigenvalue weighted by molar-refractivity contribution is -0.194. The van der Waals surface area contributed by atoms with Crippen molar-refractivity contribution in [2.24, 2.45) is 11.8 Å². The molecule has 0 bridgehead atoms. The normalized spacial score (nSPS) is 22.7. The molecule has 0 radical (unpaired) electrons. The van der Waals surface area contributed by atoms with Crippen molar-refractivity contribution in [1.29, 1.82) is 0 Å². The molecule has 2 N–H and O–H groups in total. The lowest BCUT2D eigenvalue weighted by Crippen LogP contribution is -2.64. The molecule has 4 nitrogen and oxygen atoms in total. The topological polar surface area (TPSA) is 58.2 Å². The molecular formula is C14H21F3N2O2. The first-order valence-corrected chi connectivity index (χ1v) is 7.39. The van der Waals surface area contributed by atoms with Crippen LogP contribution in [0.15, 0.2) is 0 Å². The summed E-state index contributed by atoms with van der Waals surface area (Å²) in [5.74, 6) is -1.42. The van der Waals surface area contributed by atoms with Gasteiger partial charge in [-0.1, -0.05) is 12.8 Å². The number of carbonyl (C=O) groups is 2. The molecule has 0 aromatic rings. The fraction of sp³-hybridized carbons (Fsp3) is 0.857. The van der Waals surface area contributed by atoms with Gasteiger partial charge in [-0.3, -0.25) is 9.59 Å². The third-order valence-corrected chi connectivity index (χ3v) is 4.59. The van der Waals surface area contributed by atoms with Crippen LogP contribution in [0.2, 0.25) is 0 Å². The van der Waals surface area contributed by atoms with Crippen LogP contribution in [-0.2, 0) is 9.59 Å². The molecular weight excluding hydrogens is 285 g/mol. The van der Waals surface area contributed by atoms with E-state index in [4.69, 9.17) is 0 Å². The summed E-state index contributed by atoms with van der Waals surface area (Å²) < 4.78 is 39.7. The van der Waals surface area contributed by atoms with Crippen molar-refractivity contribution >= 4 is 11.8 Å². The Hall–Kier alpha value is -1.27. The molecule has 2 amide bonds. The smallest absolute Gasteiger partial charge is 0.353 e. The van der Waals surface area contributed by atoms with Crippen molar-refractivity contribution in [3.05, 3.63) is 0 Å². The van der Waals surface area contributed by atoms with E-state index in [0.717, 1.165) is 32.6 Å². The number of amides is 2. The molecule has 2 aliphatic carbocycles. The summed E-state index contributed by atoms with van der Waals surface area (Å²) in [6.07, 6.45) is -0.0834. The molecule has 7 heteroatoms. The van der Waals surface area contributed by atoms with E-state index in [9.17, 15) is 22.8 Å². The van der Waals surface area contributed by atoms with E-state index >= 15 is 0 Å². The van der Waals surface area contributed by atoms with Crippen molar-refractivity contribution < 1.29 is 22.8 Å². The minimum atomic E-state index is -4.61. The van der Waals surface area contributed by atoms with Crippen molar-refractivity contribution in [2.75, 3.05) is 6.54 Å². The Morgan fingerprint density at radius 2 is 1.48 bits per heavy atom. The predicted octanol–water partition coefficient (Wildman–Crippen LogP) is 2.14. The van der Waals surface area contributed by atoms with Gasteiger partial charge in [-0.25, -0.2) is 0 Å². The van der Waals surface area contributed by atoms with Crippen LogP contribution >= 0.6 is 0 Å². The van der Waals surface area contributed by atoms with Gasteiger partial charge in [-0.15, -0.1) is 0 Å². The van der Waals surface area contributed by atoms with Gasteiger partial charge in [0, 0.05) is 18.4 Å². The molecule has 0 saturated heterocycles. The minimum Gasteiger partial charge on any atom is -0.353 e. The Morgan fingerprint density at radius 1 is 1.00 bits per heavy atom. The summed E-state index contributed by atoms with van der Waals surface area (Å²) in [4.78, 5) is 23.5. The highest BCUT2D eigenvalue weighted by atomic mass is 19.4. The molecule has 1 atom stereocenters. The average Bonchev–Trinajstić information content (AvgIpc) is 2.19. The Bertz CT molecular complexity index is 417. The first-order chi connectivity index (χ1) is 9.73. The van der Waals surface area contributed by atoms with Gasteiger partial charge in [0.1, 0.15) is 0 Å². The van der Waals surface area contributed by atoms with Gasteiger partial charge in [0.05, 0.1) is 0 Å². The molecule has 2 aliphatic rings. The molecule has 0 spiro atoms. The summed E-state index contributed by atoms with van der Waals surface area (Å²) in [6, 6.07) is 0. The second-order valence-corrected chi connectivity index (χ2v) is 6.29. The van der Waals surface area contributed by atoms with Crippen molar-refractivity contribution in [2.45, 2.75) is 57.2 Å². The highest BCUT2D eigenvalue weighted by Gasteiger charge is 2.53. The van der Waals surface area contributed by atoms with E-state index in [0.29, 0.717) is 12.8 Å². The van der Waals surface area contributed by atoms with E-state index in [2.05, 4.69) is 10.6 Å². The number of halogens is 3. The fourth-order valence-electron chi connectivity index (χ4n) is 2.34. The fourth-order valence-corrected chi connectivity index (χ4v) is 2.34. The molecule has 0 aliphatic heterocycles. The summed E-state index contributed by atoms with van der Waals surface area (Å²) >= 11 is 0. The lowest BCUT2D eigenvalue weighted by atomic mass is 9.83. The predicted molar refractivity (Wildman–Crippen MR) is 70.3 cm³/mol. The quantitative estimate of drug-likeness (QED) is 0.817. The standard InChI is InChI=1S/C14H21F3N2O2/c1-13(14(15,16)17,19-12(21)10-6-3-7-10)8-18-11(20)9-4-2-5-9/h9-10H,2-8H2,1H3,(H,18,20)(H,19,21)/t13-/m1/s1. The molecule has 2 fully saturated rings. The Balaban J connectivity index is 1.94. The monoisotopic (exact) mass is 306 g/mol. The second kappa shape index (κ2) is 5.85. The molecule has 21 heavy (non-hydrogen) atoms. The molecule has 2 rings (SSSR count). The molecule has 0 unspecified atom stereocenters. The van der Waals surface area contributed by atoms with Crippen molar-refractivity contribution in [3.63, 3.8) is 0 Å². The molecule has 0 aromatic carbocycles. The number of nitrogens with one attached hydrogen (secondary N) is 2. The zero-order valence-electron chi connectivity index (χ0n) is 12.1. The van der Waals surface area contributed by atoms with E-state index < -0.39 is 24.2 Å². The van der Waals surface area contributed by atoms with Gasteiger partial charge in [0.25, 0.3) is 0 Å². The van der Waals surface area contributed by atoms with Crippen molar-refractivity contribution in [1.82, 2.24) is 10.6 Å². The van der Waals surface area contributed by atoms with Gasteiger partial charge in [-0.2, -0.15) is 13.2 Å². The van der Waals surface area contributed by atoms with E-state index in [1.165, 1.54) is 0 Å². The van der Waals surface area contributed by atoms with E-state index in [-0.39, 0.29) is 17.7 Å². The SMILES string of the molecule is C[C@](CNC(=O)C1CCC1)(NC(=O)C1CCC1)C(F)(F)F. The van der Waals surface area contributed by atoms with Crippen molar-refractivity contribution in [3.8, 4) is 0 Å². The van der Waals surface area contributed by atoms with Crippen LogP contribution in [0.25, 0.3) is 0 Å². The summed E-state index contributed by atoms with van der Waals surface area (Å²) in [7, 11) is 0. The molecule has 120 valence electrons. The third kappa shape index (κ3) is 3.49. The Kier molecular flexibility index (Phi) is 4.49. The van der Waals surface area contributed by atoms with Crippen LogP contribution in [-0.4, -0.2) is 30.1 Å². The zero-order valence-corrected chi connectivity index (χ0v) is 12.1. The average molecular weight is 306 g/mol. The molecule has 0 aromatic heterocycles.